The monoisotopic (exact) mass is 272 g/mol. The van der Waals surface area contributed by atoms with Crippen LogP contribution in [0.3, 0.4) is 0 Å². The molecule has 1 rings (SSSR count). The van der Waals surface area contributed by atoms with Crippen LogP contribution in [0.2, 0.25) is 0 Å². The quantitative estimate of drug-likeness (QED) is 0.484. The normalized spacial score (nSPS) is 10.0. The average molecular weight is 272 g/mol. The molecule has 104 valence electrons. The summed E-state index contributed by atoms with van der Waals surface area (Å²) in [4.78, 5) is 22.6. The van der Waals surface area contributed by atoms with E-state index >= 15 is 0 Å². The number of ether oxygens (including phenoxy) is 1. The zero-order valence-electron chi connectivity index (χ0n) is 11.3. The van der Waals surface area contributed by atoms with Crippen LogP contribution in [-0.4, -0.2) is 25.0 Å². The molecule has 1 aromatic rings. The van der Waals surface area contributed by atoms with Gasteiger partial charge >= 0.3 is 5.97 Å². The summed E-state index contributed by atoms with van der Waals surface area (Å²) >= 11 is 0. The minimum Gasteiger partial charge on any atom is -0.452 e. The fourth-order valence-corrected chi connectivity index (χ4v) is 1.34. The van der Waals surface area contributed by atoms with Crippen molar-refractivity contribution in [3.63, 3.8) is 0 Å². The molecule has 0 saturated carbocycles. The maximum Gasteiger partial charge on any atom is 0.331 e. The summed E-state index contributed by atoms with van der Waals surface area (Å²) in [5, 5.41) is 10.8. The number of nitriles is 1. The molecule has 1 amide bonds. The van der Waals surface area contributed by atoms with Gasteiger partial charge in [0.2, 0.25) is 0 Å². The predicted molar refractivity (Wildman–Crippen MR) is 74.4 cm³/mol. The Bertz CT molecular complexity index is 527. The van der Waals surface area contributed by atoms with Gasteiger partial charge in [-0.15, -0.1) is 0 Å². The first-order valence-electron chi connectivity index (χ1n) is 6.17. The molecule has 0 spiro atoms. The van der Waals surface area contributed by atoms with Gasteiger partial charge in [-0.3, -0.25) is 4.79 Å². The zero-order valence-corrected chi connectivity index (χ0v) is 11.3. The molecule has 0 fully saturated rings. The number of esters is 1. The van der Waals surface area contributed by atoms with E-state index in [1.165, 1.54) is 6.08 Å². The molecule has 0 bridgehead atoms. The molecule has 1 N–H and O–H groups in total. The summed E-state index contributed by atoms with van der Waals surface area (Å²) < 4.78 is 4.76. The highest BCUT2D eigenvalue weighted by molar-refractivity contribution is 5.89. The average Bonchev–Trinajstić information content (AvgIpc) is 2.45. The van der Waals surface area contributed by atoms with Gasteiger partial charge in [-0.25, -0.2) is 4.79 Å². The molecule has 0 aliphatic heterocycles. The Labute approximate surface area is 117 Å². The van der Waals surface area contributed by atoms with Crippen molar-refractivity contribution in [2.75, 3.05) is 13.2 Å². The minimum atomic E-state index is -0.582. The van der Waals surface area contributed by atoms with Gasteiger partial charge in [0.15, 0.2) is 6.61 Å². The summed E-state index contributed by atoms with van der Waals surface area (Å²) in [5.41, 5.74) is 2.02. The van der Waals surface area contributed by atoms with Gasteiger partial charge in [0.1, 0.15) is 0 Å². The molecule has 0 radical (unpaired) electrons. The van der Waals surface area contributed by atoms with Gasteiger partial charge in [-0.2, -0.15) is 5.26 Å². The van der Waals surface area contributed by atoms with Crippen molar-refractivity contribution in [2.24, 2.45) is 0 Å². The lowest BCUT2D eigenvalue weighted by atomic mass is 10.1. The van der Waals surface area contributed by atoms with Crippen LogP contribution in [0, 0.1) is 18.3 Å². The molecular formula is C15H16N2O3. The first-order chi connectivity index (χ1) is 9.61. The molecule has 0 aliphatic rings. The molecule has 0 atom stereocenters. The van der Waals surface area contributed by atoms with Crippen LogP contribution in [0.1, 0.15) is 17.5 Å². The summed E-state index contributed by atoms with van der Waals surface area (Å²) in [5.74, 6) is -1.00. The van der Waals surface area contributed by atoms with E-state index in [4.69, 9.17) is 10.00 Å². The maximum absolute atomic E-state index is 11.4. The fraction of sp³-hybridized carbons (Fsp3) is 0.267. The summed E-state index contributed by atoms with van der Waals surface area (Å²) in [6, 6.07) is 9.54. The molecule has 0 unspecified atom stereocenters. The second kappa shape index (κ2) is 8.48. The van der Waals surface area contributed by atoms with Gasteiger partial charge in [-0.05, 0) is 18.6 Å². The maximum atomic E-state index is 11.4. The van der Waals surface area contributed by atoms with Crippen LogP contribution in [0.5, 0.6) is 0 Å². The van der Waals surface area contributed by atoms with Gasteiger partial charge in [0.05, 0.1) is 12.5 Å². The molecule has 0 heterocycles. The van der Waals surface area contributed by atoms with Crippen molar-refractivity contribution >= 4 is 18.0 Å². The second-order valence-electron chi connectivity index (χ2n) is 4.11. The van der Waals surface area contributed by atoms with Crippen molar-refractivity contribution in [3.05, 3.63) is 41.5 Å². The smallest absolute Gasteiger partial charge is 0.331 e. The summed E-state index contributed by atoms with van der Waals surface area (Å²) in [7, 11) is 0. The summed E-state index contributed by atoms with van der Waals surface area (Å²) in [6.07, 6.45) is 3.12. The number of hydrogen-bond acceptors (Lipinski definition) is 4. The number of aryl methyl sites for hydroxylation is 1. The molecule has 1 aromatic carbocycles. The minimum absolute atomic E-state index is 0.229. The highest BCUT2D eigenvalue weighted by Crippen LogP contribution is 2.04. The van der Waals surface area contributed by atoms with E-state index in [1.54, 1.807) is 6.08 Å². The van der Waals surface area contributed by atoms with Crippen LogP contribution >= 0.6 is 0 Å². The van der Waals surface area contributed by atoms with Crippen LogP contribution < -0.4 is 5.32 Å². The Morgan fingerprint density at radius 3 is 2.70 bits per heavy atom. The fourth-order valence-electron chi connectivity index (χ4n) is 1.34. The lowest BCUT2D eigenvalue weighted by Gasteiger charge is -2.02. The Hall–Kier alpha value is -2.61. The number of benzene rings is 1. The first-order valence-corrected chi connectivity index (χ1v) is 6.17. The Kier molecular flexibility index (Phi) is 6.55. The standard InChI is InChI=1S/C15H16N2O3/c1-12-3-5-13(6-4-12)7-8-15(19)20-11-14(18)17-10-2-9-16/h3-8H,2,10-11H2,1H3,(H,17,18)/b8-7+. The molecule has 5 heteroatoms. The van der Waals surface area contributed by atoms with Gasteiger partial charge in [-0.1, -0.05) is 29.8 Å². The highest BCUT2D eigenvalue weighted by atomic mass is 16.5. The number of amides is 1. The van der Waals surface area contributed by atoms with E-state index in [1.807, 2.05) is 37.3 Å². The van der Waals surface area contributed by atoms with E-state index in [0.717, 1.165) is 11.1 Å². The molecule has 0 aromatic heterocycles. The lowest BCUT2D eigenvalue weighted by molar-refractivity contribution is -0.143. The number of carbonyl (C=O) groups is 2. The summed E-state index contributed by atoms with van der Waals surface area (Å²) in [6.45, 7) is 1.89. The van der Waals surface area contributed by atoms with E-state index in [9.17, 15) is 9.59 Å². The van der Waals surface area contributed by atoms with E-state index in [-0.39, 0.29) is 19.6 Å². The van der Waals surface area contributed by atoms with Crippen molar-refractivity contribution in [2.45, 2.75) is 13.3 Å². The Morgan fingerprint density at radius 1 is 1.35 bits per heavy atom. The van der Waals surface area contributed by atoms with Crippen LogP contribution in [-0.2, 0) is 14.3 Å². The Morgan fingerprint density at radius 2 is 2.05 bits per heavy atom. The number of rotatable bonds is 6. The molecular weight excluding hydrogens is 256 g/mol. The largest absolute Gasteiger partial charge is 0.452 e. The molecule has 0 aliphatic carbocycles. The number of nitrogens with one attached hydrogen (secondary N) is 1. The molecule has 0 saturated heterocycles. The number of nitrogens with zero attached hydrogens (tertiary/aromatic N) is 1. The van der Waals surface area contributed by atoms with Crippen LogP contribution in [0.25, 0.3) is 6.08 Å². The number of hydrogen-bond donors (Lipinski definition) is 1. The van der Waals surface area contributed by atoms with Crippen molar-refractivity contribution in [1.29, 1.82) is 5.26 Å². The third-order valence-electron chi connectivity index (χ3n) is 2.39. The topological polar surface area (TPSA) is 79.2 Å². The van der Waals surface area contributed by atoms with Crippen LogP contribution in [0.4, 0.5) is 0 Å². The van der Waals surface area contributed by atoms with E-state index in [2.05, 4.69) is 5.32 Å². The van der Waals surface area contributed by atoms with Crippen LogP contribution in [0.15, 0.2) is 30.3 Å². The van der Waals surface area contributed by atoms with Crippen molar-refractivity contribution in [1.82, 2.24) is 5.32 Å². The van der Waals surface area contributed by atoms with Crippen molar-refractivity contribution < 1.29 is 14.3 Å². The first kappa shape index (κ1) is 15.4. The SMILES string of the molecule is Cc1ccc(/C=C/C(=O)OCC(=O)NCCC#N)cc1. The predicted octanol–water partition coefficient (Wildman–Crippen LogP) is 1.58. The highest BCUT2D eigenvalue weighted by Gasteiger charge is 2.03. The van der Waals surface area contributed by atoms with Gasteiger partial charge in [0, 0.05) is 12.6 Å². The van der Waals surface area contributed by atoms with Gasteiger partial charge in [0.25, 0.3) is 5.91 Å². The third-order valence-corrected chi connectivity index (χ3v) is 2.39. The van der Waals surface area contributed by atoms with E-state index in [0.29, 0.717) is 0 Å². The third kappa shape index (κ3) is 6.36. The van der Waals surface area contributed by atoms with Gasteiger partial charge < -0.3 is 10.1 Å². The Balaban J connectivity index is 2.31. The second-order valence-corrected chi connectivity index (χ2v) is 4.11. The lowest BCUT2D eigenvalue weighted by Crippen LogP contribution is -2.29. The van der Waals surface area contributed by atoms with E-state index < -0.39 is 11.9 Å². The number of carbonyl (C=O) groups excluding carboxylic acids is 2. The van der Waals surface area contributed by atoms with Crippen molar-refractivity contribution in [3.8, 4) is 6.07 Å². The molecule has 20 heavy (non-hydrogen) atoms. The zero-order chi connectivity index (χ0) is 14.8. The molecule has 5 nitrogen and oxygen atoms in total.